The number of hydrogen-bond donors (Lipinski definition) is 4. The minimum Gasteiger partial charge on any atom is -0.459 e. The summed E-state index contributed by atoms with van der Waals surface area (Å²) >= 11 is 0. The normalized spacial score (nSPS) is 55.5. The van der Waals surface area contributed by atoms with E-state index in [1.54, 1.807) is 0 Å². The van der Waals surface area contributed by atoms with Crippen molar-refractivity contribution in [1.29, 1.82) is 0 Å². The van der Waals surface area contributed by atoms with Gasteiger partial charge in [-0.15, -0.1) is 0 Å². The molecule has 280 valence electrons. The number of fused-ring (bicyclic) bond motifs is 10. The van der Waals surface area contributed by atoms with Gasteiger partial charge in [-0.2, -0.15) is 0 Å². The molecular formula is C42H66N2O6. The molecule has 0 saturated heterocycles. The van der Waals surface area contributed by atoms with Crippen LogP contribution >= 0.6 is 0 Å². The average molecular weight is 695 g/mol. The van der Waals surface area contributed by atoms with Crippen LogP contribution in [0.25, 0.3) is 0 Å². The first-order valence-electron chi connectivity index (χ1n) is 20.6. The lowest BCUT2D eigenvalue weighted by Gasteiger charge is -2.62. The van der Waals surface area contributed by atoms with Crippen molar-refractivity contribution in [2.75, 3.05) is 0 Å². The summed E-state index contributed by atoms with van der Waals surface area (Å²) in [6.07, 6.45) is 17.4. The maximum Gasteiger partial charge on any atom is 0.331 e. The zero-order valence-electron chi connectivity index (χ0n) is 31.2. The molecule has 0 aromatic heterocycles. The monoisotopic (exact) mass is 694 g/mol. The first kappa shape index (κ1) is 35.5. The molecule has 0 heterocycles. The van der Waals surface area contributed by atoms with Gasteiger partial charge in [-0.3, -0.25) is 0 Å². The van der Waals surface area contributed by atoms with Gasteiger partial charge >= 0.3 is 11.9 Å². The van der Waals surface area contributed by atoms with E-state index in [-0.39, 0.29) is 70.0 Å². The molecule has 50 heavy (non-hydrogen) atoms. The van der Waals surface area contributed by atoms with Gasteiger partial charge in [0.05, 0.1) is 12.2 Å². The summed E-state index contributed by atoms with van der Waals surface area (Å²) in [5.41, 5.74) is 12.8. The van der Waals surface area contributed by atoms with E-state index in [1.165, 1.54) is 12.2 Å². The third-order valence-electron chi connectivity index (χ3n) is 18.1. The fraction of sp³-hybridized carbons (Fsp3) is 0.905. The van der Waals surface area contributed by atoms with Gasteiger partial charge < -0.3 is 31.2 Å². The van der Waals surface area contributed by atoms with E-state index < -0.39 is 11.9 Å². The highest BCUT2D eigenvalue weighted by molar-refractivity contribution is 5.91. The Kier molecular flexibility index (Phi) is 8.92. The van der Waals surface area contributed by atoms with Crippen molar-refractivity contribution in [1.82, 2.24) is 0 Å². The van der Waals surface area contributed by atoms with Crippen molar-refractivity contribution in [2.24, 2.45) is 80.5 Å². The number of carbonyl (C=O) groups is 2. The molecule has 18 atom stereocenters. The molecule has 6 N–H and O–H groups in total. The Morgan fingerprint density at radius 3 is 1.28 bits per heavy atom. The van der Waals surface area contributed by atoms with Crippen molar-refractivity contribution in [2.45, 2.75) is 167 Å². The molecule has 8 rings (SSSR count). The van der Waals surface area contributed by atoms with E-state index in [9.17, 15) is 19.8 Å². The quantitative estimate of drug-likeness (QED) is 0.206. The first-order chi connectivity index (χ1) is 23.7. The fourth-order valence-electron chi connectivity index (χ4n) is 15.4. The number of ether oxygens (including phenoxy) is 2. The predicted molar refractivity (Wildman–Crippen MR) is 191 cm³/mol. The van der Waals surface area contributed by atoms with Crippen LogP contribution in [0, 0.1) is 69.0 Å². The standard InChI is InChI=1S/C42H66N2O6/c1-39-15-11-23(43)19-31(39)33(45)21-25-27-5-7-35(41(27,3)17-13-29(25)39)49-37(47)9-10-38(48)50-36-8-6-28-26-22-34(46)32-20-24(44)12-16-40(32,2)30(26)14-18-42(28,36)4/h9-10,23-36,45-46H,5-8,11-22,43-44H2,1-4H3/b10-9+/t23?,24?,25-,26-,27-,28-,29+,30+,31?,32?,33?,34?,35?,36?,39+,40+,41-,42-/m0/s1. The topological polar surface area (TPSA) is 145 Å². The van der Waals surface area contributed by atoms with Crippen LogP contribution in [0.2, 0.25) is 0 Å². The zero-order valence-corrected chi connectivity index (χ0v) is 31.2. The minimum absolute atomic E-state index is 0.112. The van der Waals surface area contributed by atoms with Crippen molar-refractivity contribution in [3.05, 3.63) is 12.2 Å². The number of nitrogens with two attached hydrogens (primary N) is 2. The molecule has 8 unspecified atom stereocenters. The largest absolute Gasteiger partial charge is 0.459 e. The summed E-state index contributed by atoms with van der Waals surface area (Å²) in [7, 11) is 0. The fourth-order valence-corrected chi connectivity index (χ4v) is 15.4. The maximum absolute atomic E-state index is 13.2. The van der Waals surface area contributed by atoms with Gasteiger partial charge in [0.1, 0.15) is 12.2 Å². The van der Waals surface area contributed by atoms with Crippen LogP contribution in [-0.2, 0) is 19.1 Å². The molecule has 0 bridgehead atoms. The van der Waals surface area contributed by atoms with Crippen LogP contribution in [0.5, 0.6) is 0 Å². The molecule has 8 fully saturated rings. The lowest BCUT2D eigenvalue weighted by Crippen LogP contribution is -2.59. The van der Waals surface area contributed by atoms with Crippen LogP contribution in [0.4, 0.5) is 0 Å². The number of hydrogen-bond acceptors (Lipinski definition) is 8. The number of aliphatic hydroxyl groups excluding tert-OH is 2. The number of esters is 2. The zero-order chi connectivity index (χ0) is 35.4. The average Bonchev–Trinajstić information content (AvgIpc) is 3.58. The molecule has 8 nitrogen and oxygen atoms in total. The Hall–Kier alpha value is -1.48. The van der Waals surface area contributed by atoms with Crippen LogP contribution in [-0.4, -0.2) is 58.7 Å². The Labute approximate surface area is 300 Å². The summed E-state index contributed by atoms with van der Waals surface area (Å²) in [6, 6.07) is 0.402. The second-order valence-electron chi connectivity index (χ2n) is 20.1. The van der Waals surface area contributed by atoms with E-state index >= 15 is 0 Å². The first-order valence-corrected chi connectivity index (χ1v) is 20.6. The van der Waals surface area contributed by atoms with E-state index in [4.69, 9.17) is 20.9 Å². The smallest absolute Gasteiger partial charge is 0.331 e. The van der Waals surface area contributed by atoms with E-state index in [2.05, 4.69) is 27.7 Å². The Bertz CT molecular complexity index is 1270. The summed E-state index contributed by atoms with van der Waals surface area (Å²) in [4.78, 5) is 26.4. The number of rotatable bonds is 4. The summed E-state index contributed by atoms with van der Waals surface area (Å²) in [5, 5.41) is 22.7. The maximum atomic E-state index is 13.2. The van der Waals surface area contributed by atoms with Crippen molar-refractivity contribution in [3.8, 4) is 0 Å². The molecule has 0 aromatic carbocycles. The van der Waals surface area contributed by atoms with Crippen molar-refractivity contribution >= 4 is 11.9 Å². The molecule has 0 amide bonds. The molecule has 8 heteroatoms. The molecule has 0 aromatic rings. The van der Waals surface area contributed by atoms with Gasteiger partial charge in [-0.05, 0) is 161 Å². The second kappa shape index (κ2) is 12.6. The second-order valence-corrected chi connectivity index (χ2v) is 20.1. The summed E-state index contributed by atoms with van der Waals surface area (Å²) in [5.74, 6) is 2.58. The van der Waals surface area contributed by atoms with Crippen molar-refractivity contribution in [3.63, 3.8) is 0 Å². The highest BCUT2D eigenvalue weighted by atomic mass is 16.6. The third-order valence-corrected chi connectivity index (χ3v) is 18.1. The van der Waals surface area contributed by atoms with Crippen molar-refractivity contribution < 1.29 is 29.3 Å². The van der Waals surface area contributed by atoms with Gasteiger partial charge in [-0.1, -0.05) is 27.7 Å². The van der Waals surface area contributed by atoms with E-state index in [0.29, 0.717) is 35.5 Å². The van der Waals surface area contributed by atoms with E-state index in [0.717, 1.165) is 103 Å². The van der Waals surface area contributed by atoms with Gasteiger partial charge in [0.2, 0.25) is 0 Å². The number of aliphatic hydroxyl groups is 2. The molecule has 0 radical (unpaired) electrons. The van der Waals surface area contributed by atoms with Crippen LogP contribution in [0.1, 0.15) is 130 Å². The predicted octanol–water partition coefficient (Wildman–Crippen LogP) is 6.05. The van der Waals surface area contributed by atoms with E-state index in [1.807, 2.05) is 0 Å². The Morgan fingerprint density at radius 1 is 0.520 bits per heavy atom. The lowest BCUT2D eigenvalue weighted by atomic mass is 9.44. The SMILES string of the molecule is C[C@]12CCC(N)CC1C(O)C[C@@H]1[C@H]2CC[C@]2(C)C(OC(=O)/C=C/C(=O)OC3CC[C@H]4[C@@H]5CC(O)C6CC(N)CC[C@]6(C)[C@@H]5CC[C@]34C)CC[C@@H]12. The van der Waals surface area contributed by atoms with Gasteiger partial charge in [0, 0.05) is 35.1 Å². The summed E-state index contributed by atoms with van der Waals surface area (Å²) in [6.45, 7) is 9.44. The number of carbonyl (C=O) groups excluding carboxylic acids is 2. The molecular weight excluding hydrogens is 628 g/mol. The highest BCUT2D eigenvalue weighted by Crippen LogP contribution is 2.68. The molecule has 8 aliphatic rings. The Balaban J connectivity index is 0.876. The van der Waals surface area contributed by atoms with Crippen LogP contribution in [0.15, 0.2) is 12.2 Å². The van der Waals surface area contributed by atoms with Crippen LogP contribution < -0.4 is 11.5 Å². The minimum atomic E-state index is -0.463. The molecule has 0 aliphatic heterocycles. The Morgan fingerprint density at radius 2 is 0.880 bits per heavy atom. The van der Waals surface area contributed by atoms with Gasteiger partial charge in [0.25, 0.3) is 0 Å². The molecule has 0 spiro atoms. The summed E-state index contributed by atoms with van der Waals surface area (Å²) < 4.78 is 12.3. The molecule has 8 aliphatic carbocycles. The highest BCUT2D eigenvalue weighted by Gasteiger charge is 2.64. The van der Waals surface area contributed by atoms with Gasteiger partial charge in [-0.25, -0.2) is 9.59 Å². The van der Waals surface area contributed by atoms with Crippen LogP contribution in [0.3, 0.4) is 0 Å². The third kappa shape index (κ3) is 5.41. The van der Waals surface area contributed by atoms with Gasteiger partial charge in [0.15, 0.2) is 0 Å². The molecule has 8 saturated carbocycles. The lowest BCUT2D eigenvalue weighted by molar-refractivity contribution is -0.174.